The predicted octanol–water partition coefficient (Wildman–Crippen LogP) is 4.37. The molecule has 32 heavy (non-hydrogen) atoms. The maximum Gasteiger partial charge on any atom is 0.263 e. The maximum absolute atomic E-state index is 12.9. The van der Waals surface area contributed by atoms with Crippen molar-refractivity contribution in [1.29, 1.82) is 0 Å². The van der Waals surface area contributed by atoms with Crippen LogP contribution >= 0.6 is 34.0 Å². The number of amides is 3. The monoisotopic (exact) mass is 488 g/mol. The summed E-state index contributed by atoms with van der Waals surface area (Å²) in [6, 6.07) is 7.66. The Balaban J connectivity index is 1.39. The predicted molar refractivity (Wildman–Crippen MR) is 129 cm³/mol. The van der Waals surface area contributed by atoms with E-state index in [9.17, 15) is 14.4 Å². The lowest BCUT2D eigenvalue weighted by Gasteiger charge is -2.31. The van der Waals surface area contributed by atoms with Crippen molar-refractivity contribution in [1.82, 2.24) is 15.2 Å². The molecule has 3 amide bonds. The first-order chi connectivity index (χ1) is 15.4. The van der Waals surface area contributed by atoms with Gasteiger partial charge in [-0.15, -0.1) is 34.0 Å². The number of nitrogens with zero attached hydrogens (tertiary/aromatic N) is 2. The summed E-state index contributed by atoms with van der Waals surface area (Å²) in [7, 11) is 0. The highest BCUT2D eigenvalue weighted by atomic mass is 32.1. The van der Waals surface area contributed by atoms with Gasteiger partial charge in [0.15, 0.2) is 5.13 Å². The average Bonchev–Trinajstić information content (AvgIpc) is 3.53. The molecular weight excluding hydrogens is 464 g/mol. The fourth-order valence-electron chi connectivity index (χ4n) is 3.63. The van der Waals surface area contributed by atoms with Gasteiger partial charge < -0.3 is 15.5 Å². The molecule has 1 fully saturated rings. The third-order valence-corrected chi connectivity index (χ3v) is 8.08. The zero-order valence-electron chi connectivity index (χ0n) is 17.8. The van der Waals surface area contributed by atoms with Crippen LogP contribution in [-0.4, -0.2) is 40.7 Å². The Morgan fingerprint density at radius 2 is 2.06 bits per heavy atom. The van der Waals surface area contributed by atoms with Gasteiger partial charge in [0.2, 0.25) is 11.8 Å². The van der Waals surface area contributed by atoms with Crippen molar-refractivity contribution in [3.8, 4) is 10.6 Å². The van der Waals surface area contributed by atoms with E-state index in [0.29, 0.717) is 29.6 Å². The second-order valence-electron chi connectivity index (χ2n) is 7.66. The average molecular weight is 489 g/mol. The molecule has 2 N–H and O–H groups in total. The minimum absolute atomic E-state index is 0.00218. The Labute approximate surface area is 198 Å². The van der Waals surface area contributed by atoms with Crippen molar-refractivity contribution in [3.05, 3.63) is 44.3 Å². The Morgan fingerprint density at radius 3 is 2.81 bits per heavy atom. The molecule has 1 aliphatic heterocycles. The second-order valence-corrected chi connectivity index (χ2v) is 11.0. The molecule has 0 radical (unpaired) electrons. The highest BCUT2D eigenvalue weighted by Gasteiger charge is 2.30. The molecule has 3 aromatic rings. The van der Waals surface area contributed by atoms with E-state index in [1.807, 2.05) is 36.6 Å². The number of thiophene rings is 2. The van der Waals surface area contributed by atoms with E-state index in [2.05, 4.69) is 15.6 Å². The zero-order valence-corrected chi connectivity index (χ0v) is 20.3. The van der Waals surface area contributed by atoms with Gasteiger partial charge in [-0.2, -0.15) is 0 Å². The number of hydrogen-bond donors (Lipinski definition) is 2. The molecule has 1 atom stereocenters. The Kier molecular flexibility index (Phi) is 7.02. The van der Waals surface area contributed by atoms with Gasteiger partial charge in [-0.25, -0.2) is 4.98 Å². The number of carbonyl (C=O) groups excluding carboxylic acids is 3. The van der Waals surface area contributed by atoms with Gasteiger partial charge >= 0.3 is 0 Å². The molecule has 7 nitrogen and oxygen atoms in total. The number of aromatic nitrogens is 1. The van der Waals surface area contributed by atoms with Gasteiger partial charge in [0, 0.05) is 29.8 Å². The van der Waals surface area contributed by atoms with Gasteiger partial charge in [0.05, 0.1) is 27.9 Å². The molecular formula is C22H24N4O3S3. The SMILES string of the molecule is CC(=O)NCc1ccc(-c2nc(NC(=O)C3CCCN(C(=O)c4cccs4)C3)sc2C)s1. The van der Waals surface area contributed by atoms with E-state index in [4.69, 9.17) is 0 Å². The van der Waals surface area contributed by atoms with Gasteiger partial charge in [-0.3, -0.25) is 14.4 Å². The Bertz CT molecular complexity index is 1120. The van der Waals surface area contributed by atoms with Gasteiger partial charge in [0.25, 0.3) is 5.91 Å². The fraction of sp³-hybridized carbons (Fsp3) is 0.364. The molecule has 1 saturated heterocycles. The summed E-state index contributed by atoms with van der Waals surface area (Å²) in [6.07, 6.45) is 1.57. The van der Waals surface area contributed by atoms with Gasteiger partial charge in [-0.1, -0.05) is 6.07 Å². The molecule has 1 unspecified atom stereocenters. The van der Waals surface area contributed by atoms with E-state index in [-0.39, 0.29) is 23.6 Å². The molecule has 0 bridgehead atoms. The first-order valence-corrected chi connectivity index (χ1v) is 12.9. The van der Waals surface area contributed by atoms with Crippen LogP contribution < -0.4 is 10.6 Å². The van der Waals surface area contributed by atoms with E-state index in [1.54, 1.807) is 16.2 Å². The van der Waals surface area contributed by atoms with E-state index < -0.39 is 0 Å². The standard InChI is InChI=1S/C22H24N4O3S3/c1-13-19(17-8-7-16(32-17)11-23-14(2)27)24-22(31-13)25-20(28)15-5-3-9-26(12-15)21(29)18-6-4-10-30-18/h4,6-8,10,15H,3,5,9,11-12H2,1-2H3,(H,23,27)(H,24,25,28). The van der Waals surface area contributed by atoms with Crippen molar-refractivity contribution >= 4 is 56.9 Å². The van der Waals surface area contributed by atoms with Gasteiger partial charge in [0.1, 0.15) is 0 Å². The van der Waals surface area contributed by atoms with Crippen LogP contribution in [0.5, 0.6) is 0 Å². The normalized spacial score (nSPS) is 16.1. The lowest BCUT2D eigenvalue weighted by atomic mass is 9.97. The number of likely N-dealkylation sites (tertiary alicyclic amines) is 1. The van der Waals surface area contributed by atoms with E-state index in [1.165, 1.54) is 29.6 Å². The minimum Gasteiger partial charge on any atom is -0.351 e. The number of aryl methyl sites for hydroxylation is 1. The summed E-state index contributed by atoms with van der Waals surface area (Å²) in [6.45, 7) is 5.09. The summed E-state index contributed by atoms with van der Waals surface area (Å²) >= 11 is 4.45. The first kappa shape index (κ1) is 22.6. The number of nitrogens with one attached hydrogen (secondary N) is 2. The van der Waals surface area contributed by atoms with Crippen molar-refractivity contribution in [3.63, 3.8) is 0 Å². The number of carbonyl (C=O) groups is 3. The van der Waals surface area contributed by atoms with Gasteiger partial charge in [-0.05, 0) is 43.3 Å². The lowest BCUT2D eigenvalue weighted by molar-refractivity contribution is -0.121. The summed E-state index contributed by atoms with van der Waals surface area (Å²) < 4.78 is 0. The van der Waals surface area contributed by atoms with Crippen molar-refractivity contribution < 1.29 is 14.4 Å². The number of rotatable bonds is 6. The largest absolute Gasteiger partial charge is 0.351 e. The van der Waals surface area contributed by atoms with Crippen LogP contribution in [-0.2, 0) is 16.1 Å². The molecule has 4 heterocycles. The maximum atomic E-state index is 12.9. The van der Waals surface area contributed by atoms with Crippen LogP contribution in [0.1, 0.15) is 39.2 Å². The van der Waals surface area contributed by atoms with Crippen LogP contribution in [0.15, 0.2) is 29.6 Å². The topological polar surface area (TPSA) is 91.4 Å². The molecule has 10 heteroatoms. The van der Waals surface area contributed by atoms with Crippen LogP contribution in [0.2, 0.25) is 0 Å². The van der Waals surface area contributed by atoms with Crippen molar-refractivity contribution in [2.75, 3.05) is 18.4 Å². The number of anilines is 1. The highest BCUT2D eigenvalue weighted by Crippen LogP contribution is 2.35. The molecule has 1 aliphatic rings. The number of hydrogen-bond acceptors (Lipinski definition) is 7. The Morgan fingerprint density at radius 1 is 1.22 bits per heavy atom. The van der Waals surface area contributed by atoms with E-state index >= 15 is 0 Å². The van der Waals surface area contributed by atoms with Crippen LogP contribution in [0.4, 0.5) is 5.13 Å². The molecule has 0 saturated carbocycles. The van der Waals surface area contributed by atoms with Crippen molar-refractivity contribution in [2.24, 2.45) is 5.92 Å². The molecule has 168 valence electrons. The number of piperidine rings is 1. The smallest absolute Gasteiger partial charge is 0.263 e. The van der Waals surface area contributed by atoms with Crippen molar-refractivity contribution in [2.45, 2.75) is 33.2 Å². The first-order valence-electron chi connectivity index (χ1n) is 10.4. The van der Waals surface area contributed by atoms with Crippen LogP contribution in [0.25, 0.3) is 10.6 Å². The number of thiazole rings is 1. The quantitative estimate of drug-likeness (QED) is 0.539. The third kappa shape index (κ3) is 5.25. The molecule has 0 aliphatic carbocycles. The molecule has 4 rings (SSSR count). The third-order valence-electron chi connectivity index (χ3n) is 5.24. The van der Waals surface area contributed by atoms with E-state index in [0.717, 1.165) is 33.2 Å². The fourth-order valence-corrected chi connectivity index (χ4v) is 6.21. The summed E-state index contributed by atoms with van der Waals surface area (Å²) in [5.74, 6) is -0.399. The summed E-state index contributed by atoms with van der Waals surface area (Å²) in [5.41, 5.74) is 0.850. The summed E-state index contributed by atoms with van der Waals surface area (Å²) in [5, 5.41) is 8.22. The zero-order chi connectivity index (χ0) is 22.7. The molecule has 0 spiro atoms. The Hall–Kier alpha value is -2.56. The summed E-state index contributed by atoms with van der Waals surface area (Å²) in [4.78, 5) is 46.9. The van der Waals surface area contributed by atoms with Crippen LogP contribution in [0.3, 0.4) is 0 Å². The second kappa shape index (κ2) is 9.93. The lowest BCUT2D eigenvalue weighted by Crippen LogP contribution is -2.43. The molecule has 0 aromatic carbocycles. The molecule has 3 aromatic heterocycles. The minimum atomic E-state index is -0.244. The van der Waals surface area contributed by atoms with Crippen LogP contribution in [0, 0.1) is 12.8 Å². The highest BCUT2D eigenvalue weighted by molar-refractivity contribution is 7.18.